The molecule has 1 atom stereocenters. The lowest BCUT2D eigenvalue weighted by atomic mass is 10.0. The third kappa shape index (κ3) is 5.29. The molecule has 22 heavy (non-hydrogen) atoms. The van der Waals surface area contributed by atoms with Crippen LogP contribution in [0.3, 0.4) is 0 Å². The minimum Gasteiger partial charge on any atom is -0.469 e. The molecule has 6 heteroatoms. The van der Waals surface area contributed by atoms with E-state index in [1.54, 1.807) is 6.07 Å². The van der Waals surface area contributed by atoms with Crippen LogP contribution in [0.4, 0.5) is 0 Å². The van der Waals surface area contributed by atoms with E-state index in [0.29, 0.717) is 30.0 Å². The van der Waals surface area contributed by atoms with E-state index in [9.17, 15) is 4.79 Å². The van der Waals surface area contributed by atoms with Gasteiger partial charge in [0.2, 0.25) is 0 Å². The lowest BCUT2D eigenvalue weighted by Gasteiger charge is -2.14. The summed E-state index contributed by atoms with van der Waals surface area (Å²) in [6, 6.07) is 13.4. The largest absolute Gasteiger partial charge is 0.469 e. The van der Waals surface area contributed by atoms with E-state index in [4.69, 9.17) is 14.0 Å². The maximum absolute atomic E-state index is 11.8. The molecule has 0 saturated heterocycles. The lowest BCUT2D eigenvalue weighted by molar-refractivity contribution is -0.146. The third-order valence-electron chi connectivity index (χ3n) is 3.12. The molecule has 0 aliphatic carbocycles. The van der Waals surface area contributed by atoms with Gasteiger partial charge in [0.05, 0.1) is 19.6 Å². The van der Waals surface area contributed by atoms with E-state index in [1.807, 2.05) is 36.4 Å². The van der Waals surface area contributed by atoms with E-state index in [-0.39, 0.29) is 11.9 Å². The van der Waals surface area contributed by atoms with Crippen LogP contribution in [0.2, 0.25) is 0 Å². The highest BCUT2D eigenvalue weighted by Crippen LogP contribution is 2.17. The van der Waals surface area contributed by atoms with Gasteiger partial charge < -0.3 is 9.15 Å². The van der Waals surface area contributed by atoms with Crippen LogP contribution in [0.25, 0.3) is 0 Å². The third-order valence-corrected chi connectivity index (χ3v) is 3.55. The maximum atomic E-state index is 11.8. The Hall–Kier alpha value is -1.63. The number of halogens is 1. The highest BCUT2D eigenvalue weighted by atomic mass is 79.9. The van der Waals surface area contributed by atoms with Gasteiger partial charge in [0.15, 0.2) is 4.67 Å². The molecule has 1 unspecified atom stereocenters. The smallest absolute Gasteiger partial charge is 0.310 e. The molecule has 118 valence electrons. The summed E-state index contributed by atoms with van der Waals surface area (Å²) in [7, 11) is 1.37. The molecule has 0 aliphatic heterocycles. The SMILES string of the molecule is COC(=O)C(CNOCc1ccccc1)Cc1ccc(Br)o1. The van der Waals surface area contributed by atoms with Crippen molar-refractivity contribution in [2.75, 3.05) is 13.7 Å². The predicted octanol–water partition coefficient (Wildman–Crippen LogP) is 3.10. The van der Waals surface area contributed by atoms with Gasteiger partial charge in [0.1, 0.15) is 5.76 Å². The average Bonchev–Trinajstić information content (AvgIpc) is 2.95. The Labute approximate surface area is 137 Å². The first-order valence-electron chi connectivity index (χ1n) is 6.89. The molecule has 0 saturated carbocycles. The molecule has 2 aromatic rings. The van der Waals surface area contributed by atoms with E-state index < -0.39 is 0 Å². The minimum absolute atomic E-state index is 0.302. The van der Waals surface area contributed by atoms with Crippen molar-refractivity contribution in [2.24, 2.45) is 5.92 Å². The second kappa shape index (κ2) is 8.73. The van der Waals surface area contributed by atoms with E-state index in [0.717, 1.165) is 5.56 Å². The van der Waals surface area contributed by atoms with Gasteiger partial charge in [-0.25, -0.2) is 5.48 Å². The number of hydrogen-bond donors (Lipinski definition) is 1. The van der Waals surface area contributed by atoms with Crippen molar-refractivity contribution in [3.8, 4) is 0 Å². The van der Waals surface area contributed by atoms with Gasteiger partial charge in [0.25, 0.3) is 0 Å². The van der Waals surface area contributed by atoms with Crippen LogP contribution in [-0.4, -0.2) is 19.6 Å². The van der Waals surface area contributed by atoms with Crippen molar-refractivity contribution >= 4 is 21.9 Å². The van der Waals surface area contributed by atoms with E-state index in [2.05, 4.69) is 21.4 Å². The molecule has 1 N–H and O–H groups in total. The highest BCUT2D eigenvalue weighted by Gasteiger charge is 2.21. The van der Waals surface area contributed by atoms with E-state index >= 15 is 0 Å². The summed E-state index contributed by atoms with van der Waals surface area (Å²) < 4.78 is 10.9. The molecular weight excluding hydrogens is 350 g/mol. The fraction of sp³-hybridized carbons (Fsp3) is 0.312. The summed E-state index contributed by atoms with van der Waals surface area (Å²) in [6.07, 6.45) is 0.444. The Morgan fingerprint density at radius 1 is 1.27 bits per heavy atom. The molecule has 0 bridgehead atoms. The highest BCUT2D eigenvalue weighted by molar-refractivity contribution is 9.10. The predicted molar refractivity (Wildman–Crippen MR) is 84.9 cm³/mol. The van der Waals surface area contributed by atoms with Gasteiger partial charge in [-0.3, -0.25) is 9.63 Å². The van der Waals surface area contributed by atoms with Gasteiger partial charge in [-0.2, -0.15) is 0 Å². The van der Waals surface area contributed by atoms with Crippen molar-refractivity contribution < 1.29 is 18.8 Å². The number of hydroxylamine groups is 1. The summed E-state index contributed by atoms with van der Waals surface area (Å²) in [4.78, 5) is 17.2. The Balaban J connectivity index is 1.81. The summed E-state index contributed by atoms with van der Waals surface area (Å²) >= 11 is 3.24. The zero-order valence-electron chi connectivity index (χ0n) is 12.3. The second-order valence-electron chi connectivity index (χ2n) is 4.75. The molecule has 5 nitrogen and oxygen atoms in total. The first-order valence-corrected chi connectivity index (χ1v) is 7.69. The van der Waals surface area contributed by atoms with Crippen molar-refractivity contribution in [1.82, 2.24) is 5.48 Å². The van der Waals surface area contributed by atoms with Crippen LogP contribution in [0, 0.1) is 5.92 Å². The van der Waals surface area contributed by atoms with Crippen molar-refractivity contribution in [1.29, 1.82) is 0 Å². The minimum atomic E-state index is -0.376. The van der Waals surface area contributed by atoms with Crippen molar-refractivity contribution in [3.05, 3.63) is 58.5 Å². The first kappa shape index (κ1) is 16.7. The summed E-state index contributed by atoms with van der Waals surface area (Å²) in [6.45, 7) is 0.777. The molecule has 1 heterocycles. The van der Waals surface area contributed by atoms with Gasteiger partial charge >= 0.3 is 5.97 Å². The molecule has 0 spiro atoms. The number of nitrogens with one attached hydrogen (secondary N) is 1. The van der Waals surface area contributed by atoms with Crippen LogP contribution in [0.5, 0.6) is 0 Å². The number of hydrogen-bond acceptors (Lipinski definition) is 5. The van der Waals surface area contributed by atoms with Gasteiger partial charge in [-0.05, 0) is 33.6 Å². The number of methoxy groups -OCH3 is 1. The Morgan fingerprint density at radius 3 is 2.68 bits per heavy atom. The number of furan rings is 1. The van der Waals surface area contributed by atoms with Crippen LogP contribution in [0.15, 0.2) is 51.6 Å². The number of carbonyl (C=O) groups excluding carboxylic acids is 1. The topological polar surface area (TPSA) is 60.7 Å². The Morgan fingerprint density at radius 2 is 2.05 bits per heavy atom. The van der Waals surface area contributed by atoms with Crippen molar-refractivity contribution in [3.63, 3.8) is 0 Å². The van der Waals surface area contributed by atoms with Gasteiger partial charge in [-0.15, -0.1) is 0 Å². The number of benzene rings is 1. The fourth-order valence-corrected chi connectivity index (χ4v) is 2.32. The van der Waals surface area contributed by atoms with E-state index in [1.165, 1.54) is 7.11 Å². The maximum Gasteiger partial charge on any atom is 0.310 e. The normalized spacial score (nSPS) is 12.1. The Kier molecular flexibility index (Phi) is 6.64. The molecular formula is C16H18BrNO4. The summed E-state index contributed by atoms with van der Waals surface area (Å²) in [5.74, 6) is 0.0364. The number of esters is 1. The zero-order chi connectivity index (χ0) is 15.8. The van der Waals surface area contributed by atoms with Gasteiger partial charge in [-0.1, -0.05) is 30.3 Å². The monoisotopic (exact) mass is 367 g/mol. The first-order chi connectivity index (χ1) is 10.7. The number of rotatable bonds is 8. The molecule has 1 aromatic carbocycles. The molecule has 0 aliphatic rings. The number of ether oxygens (including phenoxy) is 1. The lowest BCUT2D eigenvalue weighted by Crippen LogP contribution is -2.31. The van der Waals surface area contributed by atoms with Crippen LogP contribution >= 0.6 is 15.9 Å². The molecule has 2 rings (SSSR count). The quantitative estimate of drug-likeness (QED) is 0.441. The molecule has 0 fully saturated rings. The van der Waals surface area contributed by atoms with Gasteiger partial charge in [0, 0.05) is 13.0 Å². The molecule has 1 aromatic heterocycles. The van der Waals surface area contributed by atoms with Crippen LogP contribution in [-0.2, 0) is 27.4 Å². The molecule has 0 amide bonds. The number of carbonyl (C=O) groups is 1. The summed E-state index contributed by atoms with van der Waals surface area (Å²) in [5, 5.41) is 0. The average molecular weight is 368 g/mol. The standard InChI is InChI=1S/C16H18BrNO4/c1-20-16(19)13(9-14-7-8-15(17)22-14)10-18-21-11-12-5-3-2-4-6-12/h2-8,13,18H,9-11H2,1H3. The summed E-state index contributed by atoms with van der Waals surface area (Å²) in [5.41, 5.74) is 3.88. The van der Waals surface area contributed by atoms with Crippen LogP contribution < -0.4 is 5.48 Å². The zero-order valence-corrected chi connectivity index (χ0v) is 13.8. The Bertz CT molecular complexity index is 585. The fourth-order valence-electron chi connectivity index (χ4n) is 1.98. The van der Waals surface area contributed by atoms with Crippen molar-refractivity contribution in [2.45, 2.75) is 13.0 Å². The molecule has 0 radical (unpaired) electrons. The van der Waals surface area contributed by atoms with Crippen LogP contribution in [0.1, 0.15) is 11.3 Å². The second-order valence-corrected chi connectivity index (χ2v) is 5.53.